The summed E-state index contributed by atoms with van der Waals surface area (Å²) in [5.74, 6) is -2.98. The van der Waals surface area contributed by atoms with Gasteiger partial charge in [0, 0.05) is 36.5 Å². The number of aliphatic hydroxyl groups is 1. The van der Waals surface area contributed by atoms with Crippen molar-refractivity contribution in [3.63, 3.8) is 0 Å². The Bertz CT molecular complexity index is 1300. The molecule has 1 spiro atoms. The molecule has 1 unspecified atom stereocenters. The standard InChI is InChI=1S/C36H50BrN3O7/c1-6-8-18-27(42)46-23-26(24-16-12-11-13-17-24)38-32(43)28-29-33(44)39(20-14-9-10-15-21-41)31(36(29)22-25(37)30(28)47-36)34(45)40(19-7-2)35(3,4)5/h6-7,11-13,16-17,25-26,28-31,41H,1-2,8-10,14-15,18-23H2,3-5H3,(H,38,43)/t25?,26-,28-,29+,30-,31-,36+/m0/s1. The monoisotopic (exact) mass is 715 g/mol. The van der Waals surface area contributed by atoms with Crippen molar-refractivity contribution >= 4 is 39.6 Å². The van der Waals surface area contributed by atoms with Crippen LogP contribution < -0.4 is 5.32 Å². The van der Waals surface area contributed by atoms with Crippen LogP contribution in [-0.4, -0.2) is 93.0 Å². The molecular formula is C36H50BrN3O7. The summed E-state index contributed by atoms with van der Waals surface area (Å²) >= 11 is 3.75. The van der Waals surface area contributed by atoms with Crippen LogP contribution in [0.5, 0.6) is 0 Å². The number of halogens is 1. The van der Waals surface area contributed by atoms with Gasteiger partial charge in [-0.2, -0.15) is 0 Å². The van der Waals surface area contributed by atoms with Crippen molar-refractivity contribution < 1.29 is 33.8 Å². The fraction of sp³-hybridized carbons (Fsp3) is 0.611. The number of nitrogens with zero attached hydrogens (tertiary/aromatic N) is 2. The number of allylic oxidation sites excluding steroid dienone is 1. The Labute approximate surface area is 287 Å². The van der Waals surface area contributed by atoms with Crippen LogP contribution in [-0.2, 0) is 28.7 Å². The maximum absolute atomic E-state index is 14.6. The molecule has 258 valence electrons. The molecular weight excluding hydrogens is 666 g/mol. The van der Waals surface area contributed by atoms with E-state index in [4.69, 9.17) is 9.47 Å². The van der Waals surface area contributed by atoms with Crippen LogP contribution in [0.2, 0.25) is 0 Å². The van der Waals surface area contributed by atoms with Crippen molar-refractivity contribution in [3.05, 3.63) is 61.2 Å². The van der Waals surface area contributed by atoms with Gasteiger partial charge in [-0.15, -0.1) is 13.2 Å². The second-order valence-corrected chi connectivity index (χ2v) is 14.9. The Morgan fingerprint density at radius 2 is 1.87 bits per heavy atom. The van der Waals surface area contributed by atoms with Gasteiger partial charge in [0.1, 0.15) is 18.2 Å². The van der Waals surface area contributed by atoms with E-state index < -0.39 is 47.1 Å². The predicted molar refractivity (Wildman–Crippen MR) is 182 cm³/mol. The lowest BCUT2D eigenvalue weighted by Gasteiger charge is -2.42. The molecule has 0 aromatic heterocycles. The SMILES string of the molecule is C=CCCC(=O)OC[C@H](NC(=O)[C@@H]1[C@H]2O[C@@]3(CC2Br)[C@H](C(=O)N(CC=C)C(C)(C)C)N(CCCCCCO)C(=O)[C@@H]13)c1ccccc1. The van der Waals surface area contributed by atoms with Gasteiger partial charge in [0.05, 0.1) is 24.0 Å². The molecule has 1 aromatic carbocycles. The third-order valence-corrected chi connectivity index (χ3v) is 10.3. The Kier molecular flexibility index (Phi) is 12.5. The summed E-state index contributed by atoms with van der Waals surface area (Å²) in [6.07, 6.45) is 6.70. The highest BCUT2D eigenvalue weighted by atomic mass is 79.9. The summed E-state index contributed by atoms with van der Waals surface area (Å²) < 4.78 is 12.3. The van der Waals surface area contributed by atoms with E-state index in [2.05, 4.69) is 34.4 Å². The summed E-state index contributed by atoms with van der Waals surface area (Å²) in [5, 5.41) is 12.3. The molecule has 10 nitrogen and oxygen atoms in total. The molecule has 47 heavy (non-hydrogen) atoms. The van der Waals surface area contributed by atoms with E-state index in [1.165, 1.54) is 0 Å². The minimum atomic E-state index is -1.19. The smallest absolute Gasteiger partial charge is 0.306 e. The highest BCUT2D eigenvalue weighted by Crippen LogP contribution is 2.60. The summed E-state index contributed by atoms with van der Waals surface area (Å²) in [7, 11) is 0. The average molecular weight is 717 g/mol. The van der Waals surface area contributed by atoms with Crippen molar-refractivity contribution in [3.8, 4) is 0 Å². The van der Waals surface area contributed by atoms with E-state index in [1.54, 1.807) is 22.0 Å². The van der Waals surface area contributed by atoms with Crippen LogP contribution >= 0.6 is 15.9 Å². The Hall–Kier alpha value is -3.02. The first kappa shape index (κ1) is 36.8. The molecule has 3 aliphatic rings. The molecule has 3 aliphatic heterocycles. The number of rotatable bonds is 17. The molecule has 3 amide bonds. The number of nitrogens with one attached hydrogen (secondary N) is 1. The van der Waals surface area contributed by atoms with E-state index in [0.29, 0.717) is 38.8 Å². The van der Waals surface area contributed by atoms with Crippen LogP contribution in [0.3, 0.4) is 0 Å². The second kappa shape index (κ2) is 15.9. The van der Waals surface area contributed by atoms with Crippen molar-refractivity contribution in [2.45, 2.75) is 99.9 Å². The lowest BCUT2D eigenvalue weighted by Crippen LogP contribution is -2.60. The summed E-state index contributed by atoms with van der Waals surface area (Å²) in [6, 6.07) is 7.69. The van der Waals surface area contributed by atoms with Gasteiger partial charge < -0.3 is 29.7 Å². The summed E-state index contributed by atoms with van der Waals surface area (Å²) in [5.41, 5.74) is -0.986. The van der Waals surface area contributed by atoms with Crippen LogP contribution in [0.15, 0.2) is 55.6 Å². The molecule has 3 fully saturated rings. The number of fused-ring (bicyclic) bond motifs is 1. The van der Waals surface area contributed by atoms with Crippen molar-refractivity contribution in [1.29, 1.82) is 0 Å². The normalized spacial score (nSPS) is 26.9. The van der Waals surface area contributed by atoms with Crippen molar-refractivity contribution in [2.24, 2.45) is 11.8 Å². The van der Waals surface area contributed by atoms with Gasteiger partial charge in [0.25, 0.3) is 0 Å². The van der Waals surface area contributed by atoms with E-state index in [-0.39, 0.29) is 42.2 Å². The number of alkyl halides is 1. The number of hydrogen-bond acceptors (Lipinski definition) is 7. The zero-order valence-electron chi connectivity index (χ0n) is 27.9. The number of unbranched alkanes of at least 4 members (excludes halogenated alkanes) is 3. The van der Waals surface area contributed by atoms with Gasteiger partial charge >= 0.3 is 5.97 Å². The minimum absolute atomic E-state index is 0.0748. The predicted octanol–water partition coefficient (Wildman–Crippen LogP) is 4.47. The third kappa shape index (κ3) is 7.84. The molecule has 2 bridgehead atoms. The zero-order valence-corrected chi connectivity index (χ0v) is 29.5. The number of benzene rings is 1. The van der Waals surface area contributed by atoms with Crippen LogP contribution in [0, 0.1) is 11.8 Å². The van der Waals surface area contributed by atoms with Crippen molar-refractivity contribution in [1.82, 2.24) is 15.1 Å². The highest BCUT2D eigenvalue weighted by molar-refractivity contribution is 9.09. The number of likely N-dealkylation sites (tertiary alicyclic amines) is 1. The third-order valence-electron chi connectivity index (χ3n) is 9.50. The lowest BCUT2D eigenvalue weighted by molar-refractivity contribution is -0.151. The number of amides is 3. The van der Waals surface area contributed by atoms with E-state index >= 15 is 0 Å². The Morgan fingerprint density at radius 3 is 2.51 bits per heavy atom. The first-order valence-electron chi connectivity index (χ1n) is 16.7. The maximum Gasteiger partial charge on any atom is 0.306 e. The van der Waals surface area contributed by atoms with Crippen LogP contribution in [0.1, 0.15) is 77.3 Å². The number of carbonyl (C=O) groups is 4. The first-order chi connectivity index (χ1) is 22.4. The fourth-order valence-electron chi connectivity index (χ4n) is 7.31. The number of ether oxygens (including phenoxy) is 2. The molecule has 0 aliphatic carbocycles. The van der Waals surface area contributed by atoms with Crippen LogP contribution in [0.4, 0.5) is 0 Å². The molecule has 0 radical (unpaired) electrons. The Balaban J connectivity index is 1.66. The second-order valence-electron chi connectivity index (χ2n) is 13.7. The maximum atomic E-state index is 14.6. The summed E-state index contributed by atoms with van der Waals surface area (Å²) in [4.78, 5) is 58.8. The molecule has 1 aromatic rings. The van der Waals surface area contributed by atoms with Gasteiger partial charge in [-0.1, -0.05) is 71.3 Å². The Morgan fingerprint density at radius 1 is 1.17 bits per heavy atom. The molecule has 3 heterocycles. The quantitative estimate of drug-likeness (QED) is 0.106. The van der Waals surface area contributed by atoms with E-state index in [9.17, 15) is 24.3 Å². The van der Waals surface area contributed by atoms with Gasteiger partial charge in [-0.25, -0.2) is 0 Å². The van der Waals surface area contributed by atoms with Gasteiger partial charge in [-0.05, 0) is 52.0 Å². The molecule has 4 rings (SSSR count). The lowest BCUT2D eigenvalue weighted by atomic mass is 9.70. The van der Waals surface area contributed by atoms with Gasteiger partial charge in [0.2, 0.25) is 17.7 Å². The average Bonchev–Trinajstić information content (AvgIpc) is 3.63. The summed E-state index contributed by atoms with van der Waals surface area (Å²) in [6.45, 7) is 14.0. The van der Waals surface area contributed by atoms with Crippen LogP contribution in [0.25, 0.3) is 0 Å². The molecule has 3 saturated heterocycles. The highest BCUT2D eigenvalue weighted by Gasteiger charge is 2.76. The molecule has 11 heteroatoms. The molecule has 0 saturated carbocycles. The fourth-order valence-corrected chi connectivity index (χ4v) is 8.25. The number of aliphatic hydroxyl groups excluding tert-OH is 1. The first-order valence-corrected chi connectivity index (χ1v) is 17.6. The van der Waals surface area contributed by atoms with Gasteiger partial charge in [0.15, 0.2) is 0 Å². The zero-order chi connectivity index (χ0) is 34.4. The topological polar surface area (TPSA) is 125 Å². The number of esters is 1. The van der Waals surface area contributed by atoms with E-state index in [1.807, 2.05) is 51.1 Å². The number of hydrogen-bond donors (Lipinski definition) is 2. The van der Waals surface area contributed by atoms with E-state index in [0.717, 1.165) is 18.4 Å². The molecule has 2 N–H and O–H groups in total. The van der Waals surface area contributed by atoms with Gasteiger partial charge in [-0.3, -0.25) is 19.2 Å². The number of carbonyl (C=O) groups excluding carboxylic acids is 4. The largest absolute Gasteiger partial charge is 0.463 e. The molecule has 7 atom stereocenters. The minimum Gasteiger partial charge on any atom is -0.463 e. The van der Waals surface area contributed by atoms with Crippen molar-refractivity contribution in [2.75, 3.05) is 26.3 Å².